The van der Waals surface area contributed by atoms with Gasteiger partial charge in [0, 0.05) is 0 Å². The van der Waals surface area contributed by atoms with Crippen LogP contribution in [0.15, 0.2) is 16.5 Å². The lowest BCUT2D eigenvalue weighted by Crippen LogP contribution is -2.51. The predicted molar refractivity (Wildman–Crippen MR) is 67.5 cm³/mol. The number of aryl methyl sites for hydroxylation is 1. The van der Waals surface area contributed by atoms with Gasteiger partial charge in [0.05, 0.1) is 11.6 Å². The minimum atomic E-state index is -0.815. The van der Waals surface area contributed by atoms with Crippen molar-refractivity contribution >= 4 is 5.91 Å². The lowest BCUT2D eigenvalue weighted by molar-refractivity contribution is -0.126. The van der Waals surface area contributed by atoms with Gasteiger partial charge in [0.25, 0.3) is 0 Å². The molecule has 1 heterocycles. The number of amides is 1. The van der Waals surface area contributed by atoms with Gasteiger partial charge in [-0.1, -0.05) is 13.3 Å². The average molecular weight is 238 g/mol. The monoisotopic (exact) mass is 238 g/mol. The first-order valence-electron chi connectivity index (χ1n) is 6.03. The first-order valence-corrected chi connectivity index (χ1v) is 6.03. The highest BCUT2D eigenvalue weighted by molar-refractivity contribution is 5.85. The van der Waals surface area contributed by atoms with Gasteiger partial charge >= 0.3 is 0 Å². The Kier molecular flexibility index (Phi) is 4.34. The summed E-state index contributed by atoms with van der Waals surface area (Å²) in [5.74, 6) is 1.45. The van der Waals surface area contributed by atoms with E-state index in [1.54, 1.807) is 6.92 Å². The number of nitrogens with two attached hydrogens (primary N) is 1. The maximum atomic E-state index is 12.0. The Bertz CT molecular complexity index is 383. The maximum absolute atomic E-state index is 12.0. The molecule has 0 bridgehead atoms. The van der Waals surface area contributed by atoms with Crippen molar-refractivity contribution in [2.45, 2.75) is 52.1 Å². The van der Waals surface area contributed by atoms with Crippen LogP contribution < -0.4 is 11.1 Å². The molecule has 0 saturated carbocycles. The summed E-state index contributed by atoms with van der Waals surface area (Å²) in [5, 5.41) is 2.88. The molecule has 1 amide bonds. The molecule has 2 atom stereocenters. The molecule has 0 spiro atoms. The SMILES string of the molecule is CCCC(C)(N)C(=O)NC(C)c1ccc(C)o1. The molecule has 4 heteroatoms. The molecular formula is C13H22N2O2. The maximum Gasteiger partial charge on any atom is 0.240 e. The molecule has 17 heavy (non-hydrogen) atoms. The van der Waals surface area contributed by atoms with Crippen LogP contribution in [0.2, 0.25) is 0 Å². The van der Waals surface area contributed by atoms with Crippen LogP contribution in [0, 0.1) is 6.92 Å². The molecule has 1 rings (SSSR count). The topological polar surface area (TPSA) is 68.3 Å². The van der Waals surface area contributed by atoms with Crippen LogP contribution in [-0.2, 0) is 4.79 Å². The van der Waals surface area contributed by atoms with Crippen molar-refractivity contribution in [3.8, 4) is 0 Å². The van der Waals surface area contributed by atoms with Gasteiger partial charge in [0.2, 0.25) is 5.91 Å². The zero-order valence-electron chi connectivity index (χ0n) is 11.0. The van der Waals surface area contributed by atoms with E-state index in [0.29, 0.717) is 6.42 Å². The van der Waals surface area contributed by atoms with Crippen molar-refractivity contribution in [2.24, 2.45) is 5.73 Å². The van der Waals surface area contributed by atoms with Crippen LogP contribution in [0.5, 0.6) is 0 Å². The Morgan fingerprint density at radius 1 is 1.59 bits per heavy atom. The summed E-state index contributed by atoms with van der Waals surface area (Å²) >= 11 is 0. The second-order valence-electron chi connectivity index (χ2n) is 4.81. The van der Waals surface area contributed by atoms with Crippen LogP contribution in [-0.4, -0.2) is 11.4 Å². The second kappa shape index (κ2) is 5.36. The van der Waals surface area contributed by atoms with Crippen LogP contribution in [0.1, 0.15) is 51.2 Å². The molecule has 1 aromatic rings. The molecule has 0 fully saturated rings. The van der Waals surface area contributed by atoms with Crippen LogP contribution in [0.3, 0.4) is 0 Å². The molecule has 4 nitrogen and oxygen atoms in total. The highest BCUT2D eigenvalue weighted by Gasteiger charge is 2.28. The molecule has 0 radical (unpaired) electrons. The fourth-order valence-corrected chi connectivity index (χ4v) is 1.75. The van der Waals surface area contributed by atoms with Crippen molar-refractivity contribution in [3.63, 3.8) is 0 Å². The molecule has 3 N–H and O–H groups in total. The molecule has 0 aliphatic heterocycles. The Balaban J connectivity index is 2.63. The van der Waals surface area contributed by atoms with Gasteiger partial charge in [-0.3, -0.25) is 4.79 Å². The number of nitrogens with one attached hydrogen (secondary N) is 1. The van der Waals surface area contributed by atoms with Crippen LogP contribution in [0.4, 0.5) is 0 Å². The van der Waals surface area contributed by atoms with E-state index in [0.717, 1.165) is 17.9 Å². The van der Waals surface area contributed by atoms with Gasteiger partial charge in [-0.2, -0.15) is 0 Å². The van der Waals surface area contributed by atoms with E-state index in [-0.39, 0.29) is 11.9 Å². The average Bonchev–Trinajstić information content (AvgIpc) is 2.64. The third kappa shape index (κ3) is 3.60. The quantitative estimate of drug-likeness (QED) is 0.827. The van der Waals surface area contributed by atoms with E-state index >= 15 is 0 Å². The zero-order valence-corrected chi connectivity index (χ0v) is 11.0. The lowest BCUT2D eigenvalue weighted by atomic mass is 9.96. The Morgan fingerprint density at radius 3 is 2.71 bits per heavy atom. The lowest BCUT2D eigenvalue weighted by Gasteiger charge is -2.24. The molecular weight excluding hydrogens is 216 g/mol. The fourth-order valence-electron chi connectivity index (χ4n) is 1.75. The van der Waals surface area contributed by atoms with Crippen molar-refractivity contribution in [1.29, 1.82) is 0 Å². The second-order valence-corrected chi connectivity index (χ2v) is 4.81. The molecule has 0 aliphatic carbocycles. The minimum absolute atomic E-state index is 0.138. The summed E-state index contributed by atoms with van der Waals surface area (Å²) in [4.78, 5) is 12.0. The standard InChI is InChI=1S/C13H22N2O2/c1-5-8-13(4,14)12(16)15-10(3)11-7-6-9(2)17-11/h6-7,10H,5,8,14H2,1-4H3,(H,15,16). The number of carbonyl (C=O) groups is 1. The molecule has 2 unspecified atom stereocenters. The summed E-state index contributed by atoms with van der Waals surface area (Å²) in [6, 6.07) is 3.59. The van der Waals surface area contributed by atoms with Gasteiger partial charge in [-0.25, -0.2) is 0 Å². The fraction of sp³-hybridized carbons (Fsp3) is 0.615. The normalized spacial score (nSPS) is 16.3. The van der Waals surface area contributed by atoms with Gasteiger partial charge in [-0.15, -0.1) is 0 Å². The van der Waals surface area contributed by atoms with Crippen LogP contribution >= 0.6 is 0 Å². The number of hydrogen-bond acceptors (Lipinski definition) is 3. The van der Waals surface area contributed by atoms with Crippen LogP contribution in [0.25, 0.3) is 0 Å². The molecule has 0 aliphatic rings. The van der Waals surface area contributed by atoms with E-state index in [1.807, 2.05) is 32.9 Å². The van der Waals surface area contributed by atoms with Gasteiger partial charge in [-0.05, 0) is 39.3 Å². The third-order valence-corrected chi connectivity index (χ3v) is 2.82. The van der Waals surface area contributed by atoms with Gasteiger partial charge < -0.3 is 15.5 Å². The van der Waals surface area contributed by atoms with E-state index in [2.05, 4.69) is 5.32 Å². The van der Waals surface area contributed by atoms with Crippen molar-refractivity contribution < 1.29 is 9.21 Å². The van der Waals surface area contributed by atoms with E-state index < -0.39 is 5.54 Å². The Morgan fingerprint density at radius 2 is 2.24 bits per heavy atom. The smallest absolute Gasteiger partial charge is 0.240 e. The summed E-state index contributed by atoms with van der Waals surface area (Å²) in [6.07, 6.45) is 1.55. The number of carbonyl (C=O) groups excluding carboxylic acids is 1. The summed E-state index contributed by atoms with van der Waals surface area (Å²) in [6.45, 7) is 7.53. The van der Waals surface area contributed by atoms with E-state index in [1.165, 1.54) is 0 Å². The Hall–Kier alpha value is -1.29. The third-order valence-electron chi connectivity index (χ3n) is 2.82. The highest BCUT2D eigenvalue weighted by atomic mass is 16.3. The summed E-state index contributed by atoms with van der Waals surface area (Å²) in [5.41, 5.74) is 5.14. The molecule has 1 aromatic heterocycles. The minimum Gasteiger partial charge on any atom is -0.464 e. The van der Waals surface area contributed by atoms with Crippen molar-refractivity contribution in [3.05, 3.63) is 23.7 Å². The molecule has 0 aromatic carbocycles. The highest BCUT2D eigenvalue weighted by Crippen LogP contribution is 2.17. The van der Waals surface area contributed by atoms with Crippen molar-refractivity contribution in [2.75, 3.05) is 0 Å². The number of furan rings is 1. The summed E-state index contributed by atoms with van der Waals surface area (Å²) < 4.78 is 5.46. The zero-order chi connectivity index (χ0) is 13.1. The largest absolute Gasteiger partial charge is 0.464 e. The first kappa shape index (κ1) is 13.8. The first-order chi connectivity index (χ1) is 7.86. The van der Waals surface area contributed by atoms with E-state index in [4.69, 9.17) is 10.2 Å². The number of hydrogen-bond donors (Lipinski definition) is 2. The Labute approximate surface area is 103 Å². The van der Waals surface area contributed by atoms with Crippen molar-refractivity contribution in [1.82, 2.24) is 5.32 Å². The predicted octanol–water partition coefficient (Wildman–Crippen LogP) is 2.28. The number of rotatable bonds is 5. The molecule has 0 saturated heterocycles. The van der Waals surface area contributed by atoms with E-state index in [9.17, 15) is 4.79 Å². The van der Waals surface area contributed by atoms with Gasteiger partial charge in [0.15, 0.2) is 0 Å². The molecule has 96 valence electrons. The van der Waals surface area contributed by atoms with Gasteiger partial charge in [0.1, 0.15) is 11.5 Å². The summed E-state index contributed by atoms with van der Waals surface area (Å²) in [7, 11) is 0.